The first-order valence-electron chi connectivity index (χ1n) is 8.13. The van der Waals surface area contributed by atoms with Crippen LogP contribution in [-0.2, 0) is 25.8 Å². The van der Waals surface area contributed by atoms with Gasteiger partial charge in [-0.2, -0.15) is 0 Å². The summed E-state index contributed by atoms with van der Waals surface area (Å²) in [5, 5.41) is 10.1. The van der Waals surface area contributed by atoms with Crippen LogP contribution >= 0.6 is 23.4 Å². The summed E-state index contributed by atoms with van der Waals surface area (Å²) in [5.74, 6) is 2.47. The molecule has 0 N–H and O–H groups in total. The fraction of sp³-hybridized carbons (Fsp3) is 0.263. The summed E-state index contributed by atoms with van der Waals surface area (Å²) in [5.41, 5.74) is 2.50. The van der Waals surface area contributed by atoms with Gasteiger partial charge in [0, 0.05) is 17.8 Å². The van der Waals surface area contributed by atoms with Crippen molar-refractivity contribution in [1.82, 2.24) is 14.8 Å². The van der Waals surface area contributed by atoms with E-state index in [2.05, 4.69) is 29.3 Å². The van der Waals surface area contributed by atoms with E-state index in [0.29, 0.717) is 6.61 Å². The fourth-order valence-electron chi connectivity index (χ4n) is 2.29. The van der Waals surface area contributed by atoms with E-state index in [4.69, 9.17) is 16.3 Å². The Kier molecular flexibility index (Phi) is 6.00. The van der Waals surface area contributed by atoms with Crippen LogP contribution in [0.25, 0.3) is 0 Å². The number of aromatic nitrogens is 3. The molecule has 0 spiro atoms. The van der Waals surface area contributed by atoms with Gasteiger partial charge in [0.1, 0.15) is 12.4 Å². The average Bonchev–Trinajstić information content (AvgIpc) is 3.00. The molecule has 3 aromatic rings. The van der Waals surface area contributed by atoms with Gasteiger partial charge in [0.25, 0.3) is 0 Å². The smallest absolute Gasteiger partial charge is 0.191 e. The zero-order chi connectivity index (χ0) is 17.6. The molecule has 25 heavy (non-hydrogen) atoms. The molecule has 1 heterocycles. The van der Waals surface area contributed by atoms with Crippen LogP contribution in [0, 0.1) is 0 Å². The molecule has 0 fully saturated rings. The lowest BCUT2D eigenvalue weighted by Gasteiger charge is -2.07. The van der Waals surface area contributed by atoms with Gasteiger partial charge in [-0.25, -0.2) is 0 Å². The van der Waals surface area contributed by atoms with E-state index in [1.54, 1.807) is 11.8 Å². The monoisotopic (exact) mass is 373 g/mol. The van der Waals surface area contributed by atoms with Crippen LogP contribution in [0.15, 0.2) is 53.7 Å². The summed E-state index contributed by atoms with van der Waals surface area (Å²) in [4.78, 5) is 0. The van der Waals surface area contributed by atoms with E-state index < -0.39 is 0 Å². The highest BCUT2D eigenvalue weighted by molar-refractivity contribution is 7.98. The van der Waals surface area contributed by atoms with Gasteiger partial charge in [-0.3, -0.25) is 0 Å². The Labute approximate surface area is 157 Å². The highest BCUT2D eigenvalue weighted by atomic mass is 35.5. The molecular weight excluding hydrogens is 354 g/mol. The van der Waals surface area contributed by atoms with Crippen LogP contribution in [0.4, 0.5) is 0 Å². The number of halogens is 1. The molecule has 0 saturated carbocycles. The van der Waals surface area contributed by atoms with E-state index in [1.807, 2.05) is 48.0 Å². The van der Waals surface area contributed by atoms with Gasteiger partial charge in [0.15, 0.2) is 11.0 Å². The Morgan fingerprint density at radius 3 is 2.36 bits per heavy atom. The number of ether oxygens (including phenoxy) is 1. The minimum Gasteiger partial charge on any atom is -0.486 e. The molecule has 1 aromatic heterocycles. The molecule has 0 aliphatic rings. The zero-order valence-electron chi connectivity index (χ0n) is 14.3. The van der Waals surface area contributed by atoms with Crippen molar-refractivity contribution in [3.05, 3.63) is 70.5 Å². The number of hydrogen-bond donors (Lipinski definition) is 0. The van der Waals surface area contributed by atoms with Gasteiger partial charge in [-0.05, 0) is 41.8 Å². The van der Waals surface area contributed by atoms with Gasteiger partial charge in [-0.1, -0.05) is 54.6 Å². The van der Waals surface area contributed by atoms with Crippen molar-refractivity contribution in [2.24, 2.45) is 7.05 Å². The number of benzene rings is 2. The Hall–Kier alpha value is -1.98. The third kappa shape index (κ3) is 4.77. The van der Waals surface area contributed by atoms with Gasteiger partial charge >= 0.3 is 0 Å². The van der Waals surface area contributed by atoms with Crippen molar-refractivity contribution in [3.63, 3.8) is 0 Å². The molecular formula is C19H20ClN3OS. The maximum Gasteiger partial charge on any atom is 0.191 e. The molecule has 3 rings (SSSR count). The van der Waals surface area contributed by atoms with Crippen LogP contribution in [0.5, 0.6) is 5.75 Å². The van der Waals surface area contributed by atoms with Crippen LogP contribution in [0.3, 0.4) is 0 Å². The van der Waals surface area contributed by atoms with Gasteiger partial charge in [-0.15, -0.1) is 10.2 Å². The van der Waals surface area contributed by atoms with E-state index in [-0.39, 0.29) is 0 Å². The summed E-state index contributed by atoms with van der Waals surface area (Å²) in [6.07, 6.45) is 1.03. The maximum absolute atomic E-state index is 5.91. The van der Waals surface area contributed by atoms with Gasteiger partial charge in [0.05, 0.1) is 0 Å². The van der Waals surface area contributed by atoms with Crippen LogP contribution < -0.4 is 4.74 Å². The Bertz CT molecular complexity index is 816. The second-order valence-corrected chi connectivity index (χ2v) is 7.04. The summed E-state index contributed by atoms with van der Waals surface area (Å²) < 4.78 is 7.79. The van der Waals surface area contributed by atoms with E-state index >= 15 is 0 Å². The maximum atomic E-state index is 5.91. The number of hydrogen-bond acceptors (Lipinski definition) is 4. The standard InChI is InChI=1S/C19H20ClN3OS/c1-3-14-6-10-17(11-7-14)24-12-18-21-22-19(23(18)2)25-13-15-4-8-16(20)9-5-15/h4-11H,3,12-13H2,1-2H3. The quantitative estimate of drug-likeness (QED) is 0.552. The number of nitrogens with zero attached hydrogens (tertiary/aromatic N) is 3. The summed E-state index contributed by atoms with van der Waals surface area (Å²) >= 11 is 7.56. The molecule has 0 amide bonds. The normalized spacial score (nSPS) is 10.8. The average molecular weight is 374 g/mol. The Morgan fingerprint density at radius 2 is 1.68 bits per heavy atom. The molecule has 0 radical (unpaired) electrons. The molecule has 4 nitrogen and oxygen atoms in total. The predicted molar refractivity (Wildman–Crippen MR) is 102 cm³/mol. The summed E-state index contributed by atoms with van der Waals surface area (Å²) in [6.45, 7) is 2.54. The van der Waals surface area contributed by atoms with Crippen molar-refractivity contribution in [2.75, 3.05) is 0 Å². The van der Waals surface area contributed by atoms with E-state index in [1.165, 1.54) is 11.1 Å². The molecule has 0 saturated heterocycles. The number of thioether (sulfide) groups is 1. The third-order valence-electron chi connectivity index (χ3n) is 3.91. The molecule has 0 atom stereocenters. The van der Waals surface area contributed by atoms with Gasteiger partial charge < -0.3 is 9.30 Å². The first-order chi connectivity index (χ1) is 12.2. The van der Waals surface area contributed by atoms with Crippen LogP contribution in [-0.4, -0.2) is 14.8 Å². The SMILES string of the molecule is CCc1ccc(OCc2nnc(SCc3ccc(Cl)cc3)n2C)cc1. The predicted octanol–water partition coefficient (Wildman–Crippen LogP) is 4.90. The molecule has 6 heteroatoms. The van der Waals surface area contributed by atoms with Crippen molar-refractivity contribution >= 4 is 23.4 Å². The lowest BCUT2D eigenvalue weighted by Crippen LogP contribution is -2.04. The fourth-order valence-corrected chi connectivity index (χ4v) is 3.31. The van der Waals surface area contributed by atoms with Crippen LogP contribution in [0.1, 0.15) is 23.9 Å². The molecule has 0 aliphatic heterocycles. The lowest BCUT2D eigenvalue weighted by atomic mass is 10.2. The summed E-state index contributed by atoms with van der Waals surface area (Å²) in [6, 6.07) is 16.0. The topological polar surface area (TPSA) is 39.9 Å². The summed E-state index contributed by atoms with van der Waals surface area (Å²) in [7, 11) is 1.96. The number of aryl methyl sites for hydroxylation is 1. The lowest BCUT2D eigenvalue weighted by molar-refractivity contribution is 0.290. The van der Waals surface area contributed by atoms with Gasteiger partial charge in [0.2, 0.25) is 0 Å². The Balaban J connectivity index is 1.57. The van der Waals surface area contributed by atoms with E-state index in [0.717, 1.165) is 33.9 Å². The molecule has 2 aromatic carbocycles. The van der Waals surface area contributed by atoms with Crippen molar-refractivity contribution < 1.29 is 4.74 Å². The number of rotatable bonds is 7. The minimum absolute atomic E-state index is 0.399. The second kappa shape index (κ2) is 8.41. The largest absolute Gasteiger partial charge is 0.486 e. The third-order valence-corrected chi connectivity index (χ3v) is 5.25. The van der Waals surface area contributed by atoms with Crippen molar-refractivity contribution in [1.29, 1.82) is 0 Å². The molecule has 0 aliphatic carbocycles. The molecule has 130 valence electrons. The zero-order valence-corrected chi connectivity index (χ0v) is 15.8. The highest BCUT2D eigenvalue weighted by Crippen LogP contribution is 2.22. The van der Waals surface area contributed by atoms with Crippen LogP contribution in [0.2, 0.25) is 5.02 Å². The van der Waals surface area contributed by atoms with Crippen molar-refractivity contribution in [3.8, 4) is 5.75 Å². The molecule has 0 unspecified atom stereocenters. The molecule has 0 bridgehead atoms. The Morgan fingerprint density at radius 1 is 1.00 bits per heavy atom. The highest BCUT2D eigenvalue weighted by Gasteiger charge is 2.10. The first-order valence-corrected chi connectivity index (χ1v) is 9.49. The van der Waals surface area contributed by atoms with E-state index in [9.17, 15) is 0 Å². The minimum atomic E-state index is 0.399. The first kappa shape index (κ1) is 17.8. The second-order valence-electron chi connectivity index (χ2n) is 5.66. The van der Waals surface area contributed by atoms with Crippen molar-refractivity contribution in [2.45, 2.75) is 30.9 Å².